The van der Waals surface area contributed by atoms with E-state index in [4.69, 9.17) is 5.73 Å². The van der Waals surface area contributed by atoms with E-state index in [0.717, 1.165) is 19.5 Å². The van der Waals surface area contributed by atoms with Gasteiger partial charge in [-0.1, -0.05) is 12.5 Å². The van der Waals surface area contributed by atoms with Gasteiger partial charge in [0.15, 0.2) is 0 Å². The lowest BCUT2D eigenvalue weighted by Crippen LogP contribution is -2.49. The minimum atomic E-state index is 0.579. The normalized spacial score (nSPS) is 26.0. The summed E-state index contributed by atoms with van der Waals surface area (Å²) >= 11 is 0. The Kier molecular flexibility index (Phi) is 4.51. The molecule has 2 heterocycles. The molecule has 2 N–H and O–H groups in total. The predicted octanol–water partition coefficient (Wildman–Crippen LogP) is 1.83. The zero-order chi connectivity index (χ0) is 12.1. The van der Waals surface area contributed by atoms with Crippen molar-refractivity contribution in [2.24, 2.45) is 5.73 Å². The summed E-state index contributed by atoms with van der Waals surface area (Å²) in [6.45, 7) is 4.22. The predicted molar refractivity (Wildman–Crippen MR) is 70.8 cm³/mol. The van der Waals surface area contributed by atoms with Crippen LogP contribution >= 0.6 is 0 Å². The van der Waals surface area contributed by atoms with Crippen LogP contribution in [-0.4, -0.2) is 35.1 Å². The highest BCUT2D eigenvalue weighted by molar-refractivity contribution is 5.09. The maximum absolute atomic E-state index is 5.87. The van der Waals surface area contributed by atoms with Crippen molar-refractivity contribution in [1.82, 2.24) is 9.88 Å². The van der Waals surface area contributed by atoms with Gasteiger partial charge in [-0.3, -0.25) is 9.88 Å². The first-order valence-corrected chi connectivity index (χ1v) is 6.66. The van der Waals surface area contributed by atoms with Gasteiger partial charge in [-0.05, 0) is 37.8 Å². The second-order valence-corrected chi connectivity index (χ2v) is 5.02. The van der Waals surface area contributed by atoms with Crippen LogP contribution in [-0.2, 0) is 6.42 Å². The highest BCUT2D eigenvalue weighted by Gasteiger charge is 2.26. The molecule has 0 spiro atoms. The highest BCUT2D eigenvalue weighted by Crippen LogP contribution is 2.22. The molecule has 0 aliphatic carbocycles. The van der Waals surface area contributed by atoms with Gasteiger partial charge >= 0.3 is 0 Å². The van der Waals surface area contributed by atoms with Crippen molar-refractivity contribution in [1.29, 1.82) is 0 Å². The SMILES string of the molecule is CC1CCCC(CN)N1CCc1cccnc1. The van der Waals surface area contributed by atoms with Crippen molar-refractivity contribution >= 4 is 0 Å². The van der Waals surface area contributed by atoms with Gasteiger partial charge in [0.25, 0.3) is 0 Å². The maximum atomic E-state index is 5.87. The van der Waals surface area contributed by atoms with Gasteiger partial charge in [0, 0.05) is 37.6 Å². The summed E-state index contributed by atoms with van der Waals surface area (Å²) in [5.74, 6) is 0. The standard InChI is InChI=1S/C14H23N3/c1-12-4-2-6-14(10-15)17(12)9-7-13-5-3-8-16-11-13/h3,5,8,11-12,14H,2,4,6-7,9-10,15H2,1H3. The highest BCUT2D eigenvalue weighted by atomic mass is 15.2. The first kappa shape index (κ1) is 12.5. The maximum Gasteiger partial charge on any atom is 0.0300 e. The van der Waals surface area contributed by atoms with Crippen molar-refractivity contribution in [3.63, 3.8) is 0 Å². The van der Waals surface area contributed by atoms with Crippen molar-refractivity contribution in [2.75, 3.05) is 13.1 Å². The average Bonchev–Trinajstić information content (AvgIpc) is 2.38. The molecule has 0 aromatic carbocycles. The van der Waals surface area contributed by atoms with Crippen LogP contribution in [0.15, 0.2) is 24.5 Å². The van der Waals surface area contributed by atoms with Crippen molar-refractivity contribution in [2.45, 2.75) is 44.7 Å². The van der Waals surface area contributed by atoms with E-state index in [1.807, 2.05) is 18.5 Å². The molecule has 1 aliphatic heterocycles. The summed E-state index contributed by atoms with van der Waals surface area (Å²) in [4.78, 5) is 6.74. The number of hydrogen-bond acceptors (Lipinski definition) is 3. The fraction of sp³-hybridized carbons (Fsp3) is 0.643. The lowest BCUT2D eigenvalue weighted by molar-refractivity contribution is 0.0988. The van der Waals surface area contributed by atoms with E-state index in [1.54, 1.807) is 0 Å². The van der Waals surface area contributed by atoms with E-state index in [0.29, 0.717) is 12.1 Å². The topological polar surface area (TPSA) is 42.1 Å². The van der Waals surface area contributed by atoms with Gasteiger partial charge in [0.1, 0.15) is 0 Å². The summed E-state index contributed by atoms with van der Waals surface area (Å²) in [5.41, 5.74) is 7.19. The third-order valence-electron chi connectivity index (χ3n) is 3.85. The molecule has 0 amide bonds. The number of nitrogens with two attached hydrogens (primary N) is 1. The monoisotopic (exact) mass is 233 g/mol. The lowest BCUT2D eigenvalue weighted by Gasteiger charge is -2.40. The molecule has 1 aliphatic rings. The number of nitrogens with zero attached hydrogens (tertiary/aromatic N) is 2. The molecule has 1 aromatic rings. The van der Waals surface area contributed by atoms with Crippen LogP contribution in [0.3, 0.4) is 0 Å². The molecule has 1 fully saturated rings. The van der Waals surface area contributed by atoms with Gasteiger partial charge in [-0.2, -0.15) is 0 Å². The van der Waals surface area contributed by atoms with Crippen LogP contribution in [0.25, 0.3) is 0 Å². The van der Waals surface area contributed by atoms with Crippen LogP contribution in [0.2, 0.25) is 0 Å². The molecule has 0 radical (unpaired) electrons. The number of pyridine rings is 1. The van der Waals surface area contributed by atoms with Crippen molar-refractivity contribution in [3.05, 3.63) is 30.1 Å². The van der Waals surface area contributed by atoms with Crippen LogP contribution in [0.4, 0.5) is 0 Å². The third-order valence-corrected chi connectivity index (χ3v) is 3.85. The molecule has 1 saturated heterocycles. The molecule has 2 atom stereocenters. The number of aromatic nitrogens is 1. The molecule has 94 valence electrons. The van der Waals surface area contributed by atoms with Crippen LogP contribution in [0, 0.1) is 0 Å². The summed E-state index contributed by atoms with van der Waals surface area (Å²) in [5, 5.41) is 0. The Morgan fingerprint density at radius 1 is 1.47 bits per heavy atom. The molecular formula is C14H23N3. The van der Waals surface area contributed by atoms with Crippen LogP contribution < -0.4 is 5.73 Å². The van der Waals surface area contributed by atoms with Gasteiger partial charge in [-0.15, -0.1) is 0 Å². The summed E-state index contributed by atoms with van der Waals surface area (Å²) in [7, 11) is 0. The summed E-state index contributed by atoms with van der Waals surface area (Å²) in [6, 6.07) is 5.42. The lowest BCUT2D eigenvalue weighted by atomic mass is 9.96. The smallest absolute Gasteiger partial charge is 0.0300 e. The third kappa shape index (κ3) is 3.27. The molecule has 3 nitrogen and oxygen atoms in total. The Balaban J connectivity index is 1.92. The van der Waals surface area contributed by atoms with Crippen molar-refractivity contribution in [3.8, 4) is 0 Å². The molecule has 2 unspecified atom stereocenters. The van der Waals surface area contributed by atoms with Gasteiger partial charge in [0.2, 0.25) is 0 Å². The molecule has 0 bridgehead atoms. The molecule has 2 rings (SSSR count). The quantitative estimate of drug-likeness (QED) is 0.862. The zero-order valence-corrected chi connectivity index (χ0v) is 10.7. The van der Waals surface area contributed by atoms with E-state index in [2.05, 4.69) is 22.9 Å². The van der Waals surface area contributed by atoms with E-state index in [1.165, 1.54) is 24.8 Å². The zero-order valence-electron chi connectivity index (χ0n) is 10.7. The fourth-order valence-corrected chi connectivity index (χ4v) is 2.80. The van der Waals surface area contributed by atoms with E-state index in [-0.39, 0.29) is 0 Å². The fourth-order valence-electron chi connectivity index (χ4n) is 2.80. The molecular weight excluding hydrogens is 210 g/mol. The Labute approximate surface area is 104 Å². The Hall–Kier alpha value is -0.930. The van der Waals surface area contributed by atoms with E-state index < -0.39 is 0 Å². The van der Waals surface area contributed by atoms with Crippen molar-refractivity contribution < 1.29 is 0 Å². The minimum absolute atomic E-state index is 0.579. The van der Waals surface area contributed by atoms with E-state index >= 15 is 0 Å². The largest absolute Gasteiger partial charge is 0.329 e. The van der Waals surface area contributed by atoms with Gasteiger partial charge < -0.3 is 5.73 Å². The van der Waals surface area contributed by atoms with Gasteiger partial charge in [-0.25, -0.2) is 0 Å². The van der Waals surface area contributed by atoms with E-state index in [9.17, 15) is 0 Å². The van der Waals surface area contributed by atoms with Gasteiger partial charge in [0.05, 0.1) is 0 Å². The molecule has 0 saturated carbocycles. The molecule has 1 aromatic heterocycles. The van der Waals surface area contributed by atoms with Crippen LogP contribution in [0.1, 0.15) is 31.7 Å². The Morgan fingerprint density at radius 2 is 2.35 bits per heavy atom. The first-order valence-electron chi connectivity index (χ1n) is 6.66. The first-order chi connectivity index (χ1) is 8.31. The Morgan fingerprint density at radius 3 is 3.06 bits per heavy atom. The summed E-state index contributed by atoms with van der Waals surface area (Å²) in [6.07, 6.45) is 8.76. The second kappa shape index (κ2) is 6.12. The number of rotatable bonds is 4. The average molecular weight is 233 g/mol. The minimum Gasteiger partial charge on any atom is -0.329 e. The second-order valence-electron chi connectivity index (χ2n) is 5.02. The van der Waals surface area contributed by atoms with Crippen LogP contribution in [0.5, 0.6) is 0 Å². The Bertz CT molecular complexity index is 325. The molecule has 17 heavy (non-hydrogen) atoms. The number of likely N-dealkylation sites (tertiary alicyclic amines) is 1. The summed E-state index contributed by atoms with van der Waals surface area (Å²) < 4.78 is 0. The number of hydrogen-bond donors (Lipinski definition) is 1. The number of piperidine rings is 1. The molecule has 3 heteroatoms.